The molecule has 2 atom stereocenters. The quantitative estimate of drug-likeness (QED) is 0.451. The number of pyridine rings is 1. The average Bonchev–Trinajstić information content (AvgIpc) is 3.42. The van der Waals surface area contributed by atoms with E-state index in [0.29, 0.717) is 24.7 Å². The highest BCUT2D eigenvalue weighted by Gasteiger charge is 2.41. The highest BCUT2D eigenvalue weighted by molar-refractivity contribution is 7.80. The second kappa shape index (κ2) is 10.8. The summed E-state index contributed by atoms with van der Waals surface area (Å²) in [7, 11) is 1.70. The van der Waals surface area contributed by atoms with Crippen LogP contribution in [0.1, 0.15) is 41.0 Å². The molecule has 0 saturated carbocycles. The summed E-state index contributed by atoms with van der Waals surface area (Å²) in [6.45, 7) is 5.85. The van der Waals surface area contributed by atoms with E-state index in [1.54, 1.807) is 13.3 Å². The summed E-state index contributed by atoms with van der Waals surface area (Å²) < 4.78 is 7.49. The SMILES string of the molecule is COCCn1cccc1C1C(c2ccccn2)NC(=S)N1CCC(=O)Nc1cc(C)ccc1C. The first kappa shape index (κ1) is 23.9. The summed E-state index contributed by atoms with van der Waals surface area (Å²) >= 11 is 5.74. The molecular formula is C26H31N5O2S. The van der Waals surface area contributed by atoms with Gasteiger partial charge in [0.15, 0.2) is 5.11 Å². The molecule has 0 radical (unpaired) electrons. The third-order valence-corrected chi connectivity index (χ3v) is 6.50. The van der Waals surface area contributed by atoms with Gasteiger partial charge in [-0.15, -0.1) is 0 Å². The fourth-order valence-electron chi connectivity index (χ4n) is 4.36. The van der Waals surface area contributed by atoms with Gasteiger partial charge in [-0.3, -0.25) is 9.78 Å². The number of amides is 1. The topological polar surface area (TPSA) is 71.4 Å². The lowest BCUT2D eigenvalue weighted by molar-refractivity contribution is -0.116. The third-order valence-electron chi connectivity index (χ3n) is 6.15. The van der Waals surface area contributed by atoms with Crippen molar-refractivity contribution in [2.75, 3.05) is 25.6 Å². The van der Waals surface area contributed by atoms with Crippen molar-refractivity contribution in [1.29, 1.82) is 0 Å². The van der Waals surface area contributed by atoms with Crippen LogP contribution in [-0.2, 0) is 16.1 Å². The molecule has 1 saturated heterocycles. The molecular weight excluding hydrogens is 446 g/mol. The van der Waals surface area contributed by atoms with E-state index in [1.165, 1.54) is 0 Å². The van der Waals surface area contributed by atoms with Crippen LogP contribution in [0.3, 0.4) is 0 Å². The number of methoxy groups -OCH3 is 1. The Morgan fingerprint density at radius 3 is 2.79 bits per heavy atom. The first-order valence-corrected chi connectivity index (χ1v) is 11.9. The minimum atomic E-state index is -0.119. The van der Waals surface area contributed by atoms with Gasteiger partial charge in [0, 0.05) is 50.4 Å². The molecule has 0 aliphatic carbocycles. The summed E-state index contributed by atoms with van der Waals surface area (Å²) in [6.07, 6.45) is 4.16. The molecule has 1 amide bonds. The molecule has 3 aromatic rings. The Labute approximate surface area is 206 Å². The molecule has 1 aromatic carbocycles. The number of carbonyl (C=O) groups is 1. The predicted octanol–water partition coefficient (Wildman–Crippen LogP) is 4.15. The van der Waals surface area contributed by atoms with Crippen molar-refractivity contribution < 1.29 is 9.53 Å². The Balaban J connectivity index is 1.56. The maximum Gasteiger partial charge on any atom is 0.226 e. The minimum absolute atomic E-state index is 0.0358. The lowest BCUT2D eigenvalue weighted by Gasteiger charge is -2.28. The number of thiocarbonyl (C=S) groups is 1. The Bertz CT molecular complexity index is 1150. The molecule has 2 unspecified atom stereocenters. The highest BCUT2D eigenvalue weighted by Crippen LogP contribution is 2.38. The van der Waals surface area contributed by atoms with Crippen molar-refractivity contribution in [3.8, 4) is 0 Å². The molecule has 1 fully saturated rings. The first-order chi connectivity index (χ1) is 16.5. The summed E-state index contributed by atoms with van der Waals surface area (Å²) in [5, 5.41) is 7.13. The van der Waals surface area contributed by atoms with E-state index < -0.39 is 0 Å². The number of benzene rings is 1. The lowest BCUT2D eigenvalue weighted by Crippen LogP contribution is -2.33. The van der Waals surface area contributed by atoms with Gasteiger partial charge in [-0.05, 0) is 67.5 Å². The summed E-state index contributed by atoms with van der Waals surface area (Å²) in [4.78, 5) is 19.6. The highest BCUT2D eigenvalue weighted by atomic mass is 32.1. The van der Waals surface area contributed by atoms with Crippen LogP contribution in [-0.4, -0.2) is 45.7 Å². The van der Waals surface area contributed by atoms with E-state index in [1.807, 2.05) is 56.3 Å². The standard InChI is InChI=1S/C26H31N5O2S/c1-18-9-10-19(2)21(17-18)28-23(32)11-14-31-25(22-8-6-13-30(22)15-16-33-3)24(29-26(31)34)20-7-4-5-12-27-20/h4-10,12-13,17,24-25H,11,14-16H2,1-3H3,(H,28,32)(H,29,34). The molecule has 7 nitrogen and oxygen atoms in total. The molecule has 2 aromatic heterocycles. The fraction of sp³-hybridized carbons (Fsp3) is 0.346. The zero-order valence-electron chi connectivity index (χ0n) is 19.8. The van der Waals surface area contributed by atoms with Crippen LogP contribution in [0, 0.1) is 13.8 Å². The molecule has 0 spiro atoms. The van der Waals surface area contributed by atoms with Gasteiger partial charge in [-0.1, -0.05) is 18.2 Å². The number of hydrogen-bond acceptors (Lipinski definition) is 4. The van der Waals surface area contributed by atoms with Crippen LogP contribution in [0.5, 0.6) is 0 Å². The van der Waals surface area contributed by atoms with Crippen LogP contribution in [0.25, 0.3) is 0 Å². The van der Waals surface area contributed by atoms with Crippen LogP contribution >= 0.6 is 12.2 Å². The number of ether oxygens (including phenoxy) is 1. The van der Waals surface area contributed by atoms with E-state index in [4.69, 9.17) is 17.0 Å². The zero-order valence-corrected chi connectivity index (χ0v) is 20.6. The smallest absolute Gasteiger partial charge is 0.226 e. The fourth-order valence-corrected chi connectivity index (χ4v) is 4.69. The van der Waals surface area contributed by atoms with E-state index in [-0.39, 0.29) is 18.0 Å². The van der Waals surface area contributed by atoms with Crippen molar-refractivity contribution >= 4 is 28.9 Å². The van der Waals surface area contributed by atoms with Gasteiger partial charge in [0.25, 0.3) is 0 Å². The van der Waals surface area contributed by atoms with Gasteiger partial charge in [0.05, 0.1) is 24.4 Å². The molecule has 34 heavy (non-hydrogen) atoms. The van der Waals surface area contributed by atoms with Crippen molar-refractivity contribution in [2.24, 2.45) is 0 Å². The number of aromatic nitrogens is 2. The monoisotopic (exact) mass is 477 g/mol. The zero-order chi connectivity index (χ0) is 24.1. The van der Waals surface area contributed by atoms with E-state index in [0.717, 1.165) is 34.7 Å². The summed E-state index contributed by atoms with van der Waals surface area (Å²) in [5.74, 6) is -0.0358. The molecule has 1 aliphatic heterocycles. The van der Waals surface area contributed by atoms with E-state index in [9.17, 15) is 4.79 Å². The van der Waals surface area contributed by atoms with Crippen molar-refractivity contribution in [2.45, 2.75) is 38.9 Å². The predicted molar refractivity (Wildman–Crippen MR) is 138 cm³/mol. The second-order valence-corrected chi connectivity index (χ2v) is 8.94. The van der Waals surface area contributed by atoms with Gasteiger partial charge >= 0.3 is 0 Å². The van der Waals surface area contributed by atoms with Gasteiger partial charge < -0.3 is 24.8 Å². The molecule has 4 rings (SSSR count). The maximum atomic E-state index is 12.9. The first-order valence-electron chi connectivity index (χ1n) is 11.5. The summed E-state index contributed by atoms with van der Waals surface area (Å²) in [6, 6.07) is 15.9. The molecule has 3 heterocycles. The second-order valence-electron chi connectivity index (χ2n) is 8.56. The third kappa shape index (κ3) is 5.29. The Kier molecular flexibility index (Phi) is 7.59. The number of rotatable bonds is 9. The van der Waals surface area contributed by atoms with Crippen molar-refractivity contribution in [3.63, 3.8) is 0 Å². The van der Waals surface area contributed by atoms with Gasteiger partial charge in [0.2, 0.25) is 5.91 Å². The normalized spacial score (nSPS) is 17.6. The number of nitrogens with zero attached hydrogens (tertiary/aromatic N) is 3. The van der Waals surface area contributed by atoms with Crippen LogP contribution in [0.4, 0.5) is 5.69 Å². The average molecular weight is 478 g/mol. The van der Waals surface area contributed by atoms with Gasteiger partial charge in [-0.25, -0.2) is 0 Å². The number of nitrogens with one attached hydrogen (secondary N) is 2. The Morgan fingerprint density at radius 1 is 1.18 bits per heavy atom. The lowest BCUT2D eigenvalue weighted by atomic mass is 10.0. The molecule has 178 valence electrons. The Morgan fingerprint density at radius 2 is 2.03 bits per heavy atom. The molecule has 2 N–H and O–H groups in total. The number of anilines is 1. The van der Waals surface area contributed by atoms with Crippen molar-refractivity contribution in [3.05, 3.63) is 83.4 Å². The van der Waals surface area contributed by atoms with Gasteiger partial charge in [-0.2, -0.15) is 0 Å². The van der Waals surface area contributed by atoms with Crippen molar-refractivity contribution in [1.82, 2.24) is 19.8 Å². The van der Waals surface area contributed by atoms with Gasteiger partial charge in [0.1, 0.15) is 0 Å². The van der Waals surface area contributed by atoms with E-state index in [2.05, 4.69) is 37.3 Å². The van der Waals surface area contributed by atoms with Crippen LogP contribution in [0.15, 0.2) is 60.9 Å². The molecule has 8 heteroatoms. The van der Waals surface area contributed by atoms with E-state index >= 15 is 0 Å². The van der Waals surface area contributed by atoms with Crippen LogP contribution in [0.2, 0.25) is 0 Å². The number of hydrogen-bond donors (Lipinski definition) is 2. The molecule has 0 bridgehead atoms. The summed E-state index contributed by atoms with van der Waals surface area (Å²) in [5.41, 5.74) is 5.03. The van der Waals surface area contributed by atoms with Crippen LogP contribution < -0.4 is 10.6 Å². The number of carbonyl (C=O) groups excluding carboxylic acids is 1. The minimum Gasteiger partial charge on any atom is -0.383 e. The Hall–Kier alpha value is -3.23. The largest absolute Gasteiger partial charge is 0.383 e. The maximum absolute atomic E-state index is 12.9. The number of aryl methyl sites for hydroxylation is 2. The molecule has 1 aliphatic rings.